The van der Waals surface area contributed by atoms with Gasteiger partial charge in [-0.25, -0.2) is 13.1 Å². The van der Waals surface area contributed by atoms with Crippen LogP contribution in [-0.2, 0) is 17.1 Å². The summed E-state index contributed by atoms with van der Waals surface area (Å²) in [6, 6.07) is 1.50. The Balaban J connectivity index is 1.96. The van der Waals surface area contributed by atoms with E-state index in [2.05, 4.69) is 15.1 Å². The summed E-state index contributed by atoms with van der Waals surface area (Å²) in [5, 5.41) is 7.34. The molecule has 0 saturated carbocycles. The number of hydrogen-bond acceptors (Lipinski definition) is 4. The number of rotatable bonds is 4. The summed E-state index contributed by atoms with van der Waals surface area (Å²) in [5.74, 6) is 0.381. The zero-order chi connectivity index (χ0) is 12.3. The molecule has 96 valence electrons. The molecule has 0 bridgehead atoms. The van der Waals surface area contributed by atoms with Gasteiger partial charge in [0.25, 0.3) is 10.0 Å². The molecule has 1 aliphatic rings. The van der Waals surface area contributed by atoms with E-state index in [-0.39, 0.29) is 5.03 Å². The van der Waals surface area contributed by atoms with E-state index in [0.29, 0.717) is 12.5 Å². The van der Waals surface area contributed by atoms with Crippen molar-refractivity contribution in [1.29, 1.82) is 0 Å². The van der Waals surface area contributed by atoms with Crippen molar-refractivity contribution in [2.24, 2.45) is 13.0 Å². The maximum atomic E-state index is 12.0. The van der Waals surface area contributed by atoms with Crippen LogP contribution in [0.15, 0.2) is 17.3 Å². The Bertz CT molecular complexity index is 462. The van der Waals surface area contributed by atoms with Crippen LogP contribution in [0.1, 0.15) is 12.8 Å². The number of hydrogen-bond donors (Lipinski definition) is 2. The highest BCUT2D eigenvalue weighted by atomic mass is 32.2. The fourth-order valence-corrected chi connectivity index (χ4v) is 3.26. The van der Waals surface area contributed by atoms with Crippen LogP contribution in [0.5, 0.6) is 0 Å². The van der Waals surface area contributed by atoms with Crippen molar-refractivity contribution in [3.8, 4) is 0 Å². The van der Waals surface area contributed by atoms with Crippen LogP contribution in [0.3, 0.4) is 0 Å². The van der Waals surface area contributed by atoms with Crippen molar-refractivity contribution in [2.45, 2.75) is 17.9 Å². The Labute approximate surface area is 101 Å². The molecule has 0 radical (unpaired) electrons. The van der Waals surface area contributed by atoms with Crippen LogP contribution in [0.4, 0.5) is 0 Å². The highest BCUT2D eigenvalue weighted by molar-refractivity contribution is 7.89. The maximum absolute atomic E-state index is 12.0. The molecule has 2 rings (SSSR count). The zero-order valence-electron chi connectivity index (χ0n) is 9.89. The lowest BCUT2D eigenvalue weighted by Gasteiger charge is -2.22. The first-order chi connectivity index (χ1) is 8.09. The largest absolute Gasteiger partial charge is 0.316 e. The van der Waals surface area contributed by atoms with E-state index >= 15 is 0 Å². The first kappa shape index (κ1) is 12.5. The van der Waals surface area contributed by atoms with Gasteiger partial charge < -0.3 is 5.32 Å². The van der Waals surface area contributed by atoms with E-state index in [0.717, 1.165) is 25.9 Å². The van der Waals surface area contributed by atoms with Crippen molar-refractivity contribution >= 4 is 10.0 Å². The normalized spacial score (nSPS) is 21.6. The Kier molecular flexibility index (Phi) is 3.80. The van der Waals surface area contributed by atoms with Gasteiger partial charge in [-0.05, 0) is 37.9 Å². The van der Waals surface area contributed by atoms with Crippen LogP contribution < -0.4 is 10.0 Å². The fraction of sp³-hybridized carbons (Fsp3) is 0.700. The van der Waals surface area contributed by atoms with Gasteiger partial charge in [0.15, 0.2) is 5.03 Å². The topological polar surface area (TPSA) is 76.0 Å². The van der Waals surface area contributed by atoms with Crippen LogP contribution >= 0.6 is 0 Å². The molecule has 0 amide bonds. The van der Waals surface area contributed by atoms with Crippen molar-refractivity contribution in [3.05, 3.63) is 12.3 Å². The average molecular weight is 258 g/mol. The smallest absolute Gasteiger partial charge is 0.257 e. The molecular formula is C10H18N4O2S. The number of piperidine rings is 1. The van der Waals surface area contributed by atoms with Crippen LogP contribution in [0.2, 0.25) is 0 Å². The van der Waals surface area contributed by atoms with Gasteiger partial charge in [-0.15, -0.1) is 0 Å². The van der Waals surface area contributed by atoms with E-state index in [1.165, 1.54) is 16.9 Å². The van der Waals surface area contributed by atoms with Crippen LogP contribution in [0.25, 0.3) is 0 Å². The van der Waals surface area contributed by atoms with E-state index < -0.39 is 10.0 Å². The molecule has 0 spiro atoms. The second-order valence-electron chi connectivity index (χ2n) is 4.36. The molecule has 2 N–H and O–H groups in total. The highest BCUT2D eigenvalue weighted by Gasteiger charge is 2.20. The molecule has 2 heterocycles. The Hall–Kier alpha value is -0.920. The standard InChI is InChI=1S/C10H18N4O2S/c1-14-10(4-6-12-14)17(15,16)13-8-9-3-2-5-11-7-9/h4,6,9,11,13H,2-3,5,7-8H2,1H3. The van der Waals surface area contributed by atoms with E-state index in [9.17, 15) is 8.42 Å². The first-order valence-electron chi connectivity index (χ1n) is 5.78. The molecule has 1 fully saturated rings. The minimum absolute atomic E-state index is 0.210. The number of sulfonamides is 1. The lowest BCUT2D eigenvalue weighted by molar-refractivity contribution is 0.375. The Morgan fingerprint density at radius 1 is 1.65 bits per heavy atom. The first-order valence-corrected chi connectivity index (χ1v) is 7.26. The molecule has 17 heavy (non-hydrogen) atoms. The summed E-state index contributed by atoms with van der Waals surface area (Å²) in [6.07, 6.45) is 3.66. The number of nitrogens with one attached hydrogen (secondary N) is 2. The van der Waals surface area contributed by atoms with Crippen molar-refractivity contribution in [3.63, 3.8) is 0 Å². The summed E-state index contributed by atoms with van der Waals surface area (Å²) < 4.78 is 27.9. The molecule has 7 heteroatoms. The molecule has 1 aromatic rings. The highest BCUT2D eigenvalue weighted by Crippen LogP contribution is 2.11. The van der Waals surface area contributed by atoms with E-state index in [1.54, 1.807) is 7.05 Å². The number of aromatic nitrogens is 2. The van der Waals surface area contributed by atoms with Gasteiger partial charge in [-0.1, -0.05) is 0 Å². The van der Waals surface area contributed by atoms with Crippen molar-refractivity contribution in [2.75, 3.05) is 19.6 Å². The Morgan fingerprint density at radius 2 is 2.47 bits per heavy atom. The molecule has 0 aromatic carbocycles. The SMILES string of the molecule is Cn1nccc1S(=O)(=O)NCC1CCCNC1. The Morgan fingerprint density at radius 3 is 3.06 bits per heavy atom. The maximum Gasteiger partial charge on any atom is 0.257 e. The third-order valence-corrected chi connectivity index (χ3v) is 4.51. The van der Waals surface area contributed by atoms with E-state index in [1.807, 2.05) is 0 Å². The van der Waals surface area contributed by atoms with Crippen LogP contribution in [-0.4, -0.2) is 37.8 Å². The summed E-state index contributed by atoms with van der Waals surface area (Å²) >= 11 is 0. The van der Waals surface area contributed by atoms with Crippen LogP contribution in [0, 0.1) is 5.92 Å². The second-order valence-corrected chi connectivity index (χ2v) is 6.07. The monoisotopic (exact) mass is 258 g/mol. The van der Waals surface area contributed by atoms with Crippen molar-refractivity contribution in [1.82, 2.24) is 19.8 Å². The molecule has 1 unspecified atom stereocenters. The summed E-state index contributed by atoms with van der Waals surface area (Å²) in [7, 11) is -1.80. The van der Waals surface area contributed by atoms with E-state index in [4.69, 9.17) is 0 Å². The lowest BCUT2D eigenvalue weighted by Crippen LogP contribution is -2.38. The number of aryl methyl sites for hydroxylation is 1. The lowest BCUT2D eigenvalue weighted by atomic mass is 10.0. The summed E-state index contributed by atoms with van der Waals surface area (Å²) in [5.41, 5.74) is 0. The van der Waals surface area contributed by atoms with Gasteiger partial charge in [-0.3, -0.25) is 4.68 Å². The van der Waals surface area contributed by atoms with Gasteiger partial charge in [0, 0.05) is 13.6 Å². The third kappa shape index (κ3) is 3.05. The average Bonchev–Trinajstić information content (AvgIpc) is 2.75. The second kappa shape index (κ2) is 5.16. The predicted molar refractivity (Wildman–Crippen MR) is 64.0 cm³/mol. The van der Waals surface area contributed by atoms with Gasteiger partial charge >= 0.3 is 0 Å². The van der Waals surface area contributed by atoms with Gasteiger partial charge in [0.1, 0.15) is 0 Å². The molecule has 1 aliphatic heterocycles. The van der Waals surface area contributed by atoms with Gasteiger partial charge in [0.2, 0.25) is 0 Å². The predicted octanol–water partition coefficient (Wildman–Crippen LogP) is -0.302. The van der Waals surface area contributed by atoms with Gasteiger partial charge in [-0.2, -0.15) is 5.10 Å². The molecule has 0 aliphatic carbocycles. The number of nitrogens with zero attached hydrogens (tertiary/aromatic N) is 2. The minimum Gasteiger partial charge on any atom is -0.316 e. The molecule has 1 aromatic heterocycles. The molecule has 1 saturated heterocycles. The third-order valence-electron chi connectivity index (χ3n) is 3.01. The quantitative estimate of drug-likeness (QED) is 0.777. The molecule has 1 atom stereocenters. The summed E-state index contributed by atoms with van der Waals surface area (Å²) in [4.78, 5) is 0. The molecular weight excluding hydrogens is 240 g/mol. The van der Waals surface area contributed by atoms with Gasteiger partial charge in [0.05, 0.1) is 6.20 Å². The fourth-order valence-electron chi connectivity index (χ4n) is 2.03. The van der Waals surface area contributed by atoms with Crippen molar-refractivity contribution < 1.29 is 8.42 Å². The zero-order valence-corrected chi connectivity index (χ0v) is 10.7. The summed E-state index contributed by atoms with van der Waals surface area (Å²) in [6.45, 7) is 2.40. The minimum atomic E-state index is -3.42. The molecule has 6 nitrogen and oxygen atoms in total.